The lowest BCUT2D eigenvalue weighted by Gasteiger charge is -2.17. The average molecular weight is 242 g/mol. The van der Waals surface area contributed by atoms with Crippen LogP contribution in [0.25, 0.3) is 0 Å². The quantitative estimate of drug-likeness (QED) is 0.341. The SMILES string of the molecule is C=CC(=C)N=C(C)C1C#CCCCC=C1CNC. The molecule has 1 aliphatic carbocycles. The summed E-state index contributed by atoms with van der Waals surface area (Å²) in [6, 6.07) is 0. The average Bonchev–Trinajstić information content (AvgIpc) is 2.32. The van der Waals surface area contributed by atoms with Gasteiger partial charge in [-0.25, -0.2) is 0 Å². The van der Waals surface area contributed by atoms with Gasteiger partial charge in [-0.3, -0.25) is 4.99 Å². The van der Waals surface area contributed by atoms with Crippen molar-refractivity contribution in [2.75, 3.05) is 13.6 Å². The molecule has 0 fully saturated rings. The normalized spacial score (nSPS) is 20.0. The summed E-state index contributed by atoms with van der Waals surface area (Å²) in [4.78, 5) is 4.46. The van der Waals surface area contributed by atoms with Crippen molar-refractivity contribution in [2.45, 2.75) is 26.2 Å². The van der Waals surface area contributed by atoms with Crippen LogP contribution in [0.5, 0.6) is 0 Å². The van der Waals surface area contributed by atoms with Crippen molar-refractivity contribution >= 4 is 5.71 Å². The van der Waals surface area contributed by atoms with Gasteiger partial charge < -0.3 is 5.32 Å². The Hall–Kier alpha value is -1.59. The summed E-state index contributed by atoms with van der Waals surface area (Å²) in [5.74, 6) is 6.67. The van der Waals surface area contributed by atoms with Gasteiger partial charge in [0.15, 0.2) is 0 Å². The minimum Gasteiger partial charge on any atom is -0.316 e. The summed E-state index contributed by atoms with van der Waals surface area (Å²) in [7, 11) is 1.96. The number of aliphatic imine (C=N–C) groups is 1. The molecule has 0 bridgehead atoms. The first-order chi connectivity index (χ1) is 8.69. The van der Waals surface area contributed by atoms with Gasteiger partial charge in [0.25, 0.3) is 0 Å². The van der Waals surface area contributed by atoms with E-state index < -0.39 is 0 Å². The van der Waals surface area contributed by atoms with Gasteiger partial charge in [-0.15, -0.1) is 5.92 Å². The minimum absolute atomic E-state index is 0.106. The van der Waals surface area contributed by atoms with Crippen LogP contribution < -0.4 is 5.32 Å². The molecule has 2 nitrogen and oxygen atoms in total. The van der Waals surface area contributed by atoms with Gasteiger partial charge in [0.05, 0.1) is 11.6 Å². The Bertz CT molecular complexity index is 430. The Morgan fingerprint density at radius 2 is 2.44 bits per heavy atom. The molecule has 0 saturated carbocycles. The molecule has 0 aromatic carbocycles. The third kappa shape index (κ3) is 4.35. The van der Waals surface area contributed by atoms with Crippen LogP contribution in [-0.4, -0.2) is 19.3 Å². The fourth-order valence-electron chi connectivity index (χ4n) is 1.95. The topological polar surface area (TPSA) is 24.4 Å². The molecule has 0 radical (unpaired) electrons. The van der Waals surface area contributed by atoms with Crippen molar-refractivity contribution in [3.63, 3.8) is 0 Å². The Morgan fingerprint density at radius 3 is 3.11 bits per heavy atom. The summed E-state index contributed by atoms with van der Waals surface area (Å²) in [6.07, 6.45) is 7.17. The number of allylic oxidation sites excluding steroid dienone is 2. The molecule has 0 aromatic rings. The van der Waals surface area contributed by atoms with Crippen molar-refractivity contribution in [2.24, 2.45) is 10.9 Å². The van der Waals surface area contributed by atoms with E-state index >= 15 is 0 Å². The van der Waals surface area contributed by atoms with Crippen LogP contribution in [0.4, 0.5) is 0 Å². The predicted octanol–water partition coefficient (Wildman–Crippen LogP) is 3.10. The number of hydrogen-bond donors (Lipinski definition) is 1. The predicted molar refractivity (Wildman–Crippen MR) is 79.6 cm³/mol. The second-order valence-corrected chi connectivity index (χ2v) is 4.40. The molecule has 0 saturated heterocycles. The van der Waals surface area contributed by atoms with Gasteiger partial charge in [-0.2, -0.15) is 0 Å². The van der Waals surface area contributed by atoms with E-state index in [-0.39, 0.29) is 5.92 Å². The highest BCUT2D eigenvalue weighted by molar-refractivity contribution is 5.90. The van der Waals surface area contributed by atoms with Gasteiger partial charge in [0.2, 0.25) is 0 Å². The largest absolute Gasteiger partial charge is 0.316 e. The zero-order chi connectivity index (χ0) is 13.4. The van der Waals surface area contributed by atoms with E-state index in [2.05, 4.69) is 41.4 Å². The summed E-state index contributed by atoms with van der Waals surface area (Å²) in [6.45, 7) is 10.4. The Morgan fingerprint density at radius 1 is 1.67 bits per heavy atom. The first kappa shape index (κ1) is 14.5. The van der Waals surface area contributed by atoms with E-state index in [4.69, 9.17) is 0 Å². The van der Waals surface area contributed by atoms with Crippen molar-refractivity contribution in [1.82, 2.24) is 5.32 Å². The Labute approximate surface area is 111 Å². The van der Waals surface area contributed by atoms with Crippen molar-refractivity contribution in [3.8, 4) is 11.8 Å². The van der Waals surface area contributed by atoms with Crippen molar-refractivity contribution in [3.05, 3.63) is 36.6 Å². The Kier molecular flexibility index (Phi) is 6.18. The van der Waals surface area contributed by atoms with Gasteiger partial charge >= 0.3 is 0 Å². The second kappa shape index (κ2) is 7.68. The molecule has 1 aliphatic rings. The third-order valence-electron chi connectivity index (χ3n) is 2.88. The molecule has 1 atom stereocenters. The zero-order valence-corrected chi connectivity index (χ0v) is 11.4. The first-order valence-electron chi connectivity index (χ1n) is 6.37. The molecule has 1 rings (SSSR count). The van der Waals surface area contributed by atoms with Gasteiger partial charge in [-0.05, 0) is 38.5 Å². The van der Waals surface area contributed by atoms with E-state index in [1.807, 2.05) is 14.0 Å². The summed E-state index contributed by atoms with van der Waals surface area (Å²) in [5, 5.41) is 3.20. The Balaban J connectivity index is 3.00. The highest BCUT2D eigenvalue weighted by atomic mass is 14.8. The highest BCUT2D eigenvalue weighted by Gasteiger charge is 2.15. The van der Waals surface area contributed by atoms with Gasteiger partial charge in [0, 0.05) is 18.7 Å². The van der Waals surface area contributed by atoms with Crippen molar-refractivity contribution in [1.29, 1.82) is 0 Å². The minimum atomic E-state index is 0.106. The fourth-order valence-corrected chi connectivity index (χ4v) is 1.95. The molecule has 1 N–H and O–H groups in total. The summed E-state index contributed by atoms with van der Waals surface area (Å²) >= 11 is 0. The molecule has 96 valence electrons. The monoisotopic (exact) mass is 242 g/mol. The number of nitrogens with one attached hydrogen (secondary N) is 1. The maximum absolute atomic E-state index is 4.46. The molecule has 0 aromatic heterocycles. The fraction of sp³-hybridized carbons (Fsp3) is 0.438. The second-order valence-electron chi connectivity index (χ2n) is 4.40. The maximum atomic E-state index is 4.46. The molecule has 0 aliphatic heterocycles. The van der Waals surface area contributed by atoms with E-state index in [1.54, 1.807) is 6.08 Å². The maximum Gasteiger partial charge on any atom is 0.0804 e. The smallest absolute Gasteiger partial charge is 0.0804 e. The van der Waals surface area contributed by atoms with E-state index in [1.165, 1.54) is 5.57 Å². The molecular formula is C16H22N2. The van der Waals surface area contributed by atoms with Crippen LogP contribution in [0.2, 0.25) is 0 Å². The van der Waals surface area contributed by atoms with Crippen LogP contribution in [-0.2, 0) is 0 Å². The van der Waals surface area contributed by atoms with E-state index in [0.717, 1.165) is 31.5 Å². The molecule has 18 heavy (non-hydrogen) atoms. The van der Waals surface area contributed by atoms with Crippen LogP contribution in [0.15, 0.2) is 41.6 Å². The third-order valence-corrected chi connectivity index (χ3v) is 2.88. The molecule has 2 heteroatoms. The van der Waals surface area contributed by atoms with Crippen LogP contribution >= 0.6 is 0 Å². The van der Waals surface area contributed by atoms with E-state index in [9.17, 15) is 0 Å². The molecule has 0 heterocycles. The van der Waals surface area contributed by atoms with Crippen LogP contribution in [0.3, 0.4) is 0 Å². The lowest BCUT2D eigenvalue weighted by Crippen LogP contribution is -2.21. The van der Waals surface area contributed by atoms with Gasteiger partial charge in [0.1, 0.15) is 0 Å². The molecule has 1 unspecified atom stereocenters. The van der Waals surface area contributed by atoms with Crippen molar-refractivity contribution < 1.29 is 0 Å². The lowest BCUT2D eigenvalue weighted by atomic mass is 9.92. The highest BCUT2D eigenvalue weighted by Crippen LogP contribution is 2.17. The van der Waals surface area contributed by atoms with Crippen LogP contribution in [0, 0.1) is 17.8 Å². The standard InChI is InChI=1S/C16H22N2/c1-5-13(2)18-14(3)16-11-9-7-6-8-10-15(16)12-17-4/h5,10,16-17H,1-2,6-8,12H2,3-4H3. The molecule has 0 spiro atoms. The molecule has 0 amide bonds. The van der Waals surface area contributed by atoms with Gasteiger partial charge in [-0.1, -0.05) is 25.2 Å². The zero-order valence-electron chi connectivity index (χ0n) is 11.4. The lowest BCUT2D eigenvalue weighted by molar-refractivity contribution is 0.794. The van der Waals surface area contributed by atoms with Crippen LogP contribution in [0.1, 0.15) is 26.2 Å². The molecular weight excluding hydrogens is 220 g/mol. The summed E-state index contributed by atoms with van der Waals surface area (Å²) in [5.41, 5.74) is 3.00. The number of likely N-dealkylation sites (N-methyl/N-ethyl adjacent to an activating group) is 1. The number of hydrogen-bond acceptors (Lipinski definition) is 2. The first-order valence-corrected chi connectivity index (χ1v) is 6.37. The summed E-state index contributed by atoms with van der Waals surface area (Å²) < 4.78 is 0. The number of nitrogens with zero attached hydrogens (tertiary/aromatic N) is 1. The van der Waals surface area contributed by atoms with E-state index in [0.29, 0.717) is 5.70 Å². The number of rotatable bonds is 5.